The Morgan fingerprint density at radius 3 is 3.06 bits per heavy atom. The molecule has 1 aliphatic rings. The van der Waals surface area contributed by atoms with E-state index < -0.39 is 4.92 Å². The van der Waals surface area contributed by atoms with Crippen molar-refractivity contribution in [3.8, 4) is 11.8 Å². The summed E-state index contributed by atoms with van der Waals surface area (Å²) in [6.07, 6.45) is 2.57. The van der Waals surface area contributed by atoms with Gasteiger partial charge in [0.25, 0.3) is 5.69 Å². The van der Waals surface area contributed by atoms with Crippen molar-refractivity contribution >= 4 is 11.8 Å². The fourth-order valence-corrected chi connectivity index (χ4v) is 1.40. The van der Waals surface area contributed by atoms with Gasteiger partial charge in [0.05, 0.1) is 22.6 Å². The second kappa shape index (κ2) is 4.00. The molecule has 0 atom stereocenters. The molecule has 0 bridgehead atoms. The Kier molecular flexibility index (Phi) is 2.54. The summed E-state index contributed by atoms with van der Waals surface area (Å²) in [6, 6.07) is 4.65. The highest BCUT2D eigenvalue weighted by Gasteiger charge is 2.21. The quantitative estimate of drug-likeness (QED) is 0.328. The Morgan fingerprint density at radius 1 is 1.56 bits per heavy atom. The van der Waals surface area contributed by atoms with E-state index in [4.69, 9.17) is 15.0 Å². The number of nitro benzene ring substituents is 1. The predicted molar refractivity (Wildman–Crippen MR) is 53.2 cm³/mol. The van der Waals surface area contributed by atoms with E-state index in [0.29, 0.717) is 11.3 Å². The molecule has 0 spiro atoms. The fraction of sp³-hybridized carbons (Fsp3) is 0.100. The average Bonchev–Trinajstić information content (AvgIpc) is 2.71. The summed E-state index contributed by atoms with van der Waals surface area (Å²) in [7, 11) is 0. The van der Waals surface area contributed by atoms with Gasteiger partial charge in [0.2, 0.25) is 0 Å². The molecule has 1 aliphatic heterocycles. The largest absolute Gasteiger partial charge is 0.337 e. The first-order valence-electron chi connectivity index (χ1n) is 4.39. The van der Waals surface area contributed by atoms with Crippen LogP contribution in [0.5, 0.6) is 5.75 Å². The molecule has 0 radical (unpaired) electrons. The molecule has 1 aromatic carbocycles. The lowest BCUT2D eigenvalue weighted by Gasteiger charge is -1.99. The number of rotatable bonds is 2. The van der Waals surface area contributed by atoms with E-state index in [-0.39, 0.29) is 12.3 Å². The Balaban J connectivity index is 2.53. The third-order valence-corrected chi connectivity index (χ3v) is 2.11. The van der Waals surface area contributed by atoms with E-state index in [0.717, 1.165) is 5.56 Å². The Morgan fingerprint density at radius 2 is 2.38 bits per heavy atom. The van der Waals surface area contributed by atoms with E-state index in [1.165, 1.54) is 18.2 Å². The highest BCUT2D eigenvalue weighted by molar-refractivity contribution is 5.66. The van der Waals surface area contributed by atoms with Crippen LogP contribution in [0, 0.1) is 21.4 Å². The van der Waals surface area contributed by atoms with Crippen molar-refractivity contribution in [2.45, 2.75) is 6.61 Å². The Hall–Kier alpha value is -2.39. The van der Waals surface area contributed by atoms with Gasteiger partial charge in [-0.25, -0.2) is 0 Å². The third-order valence-electron chi connectivity index (χ3n) is 2.11. The maximum absolute atomic E-state index is 10.8. The standard InChI is InChI=1S/C10H6N2O4/c11-3-1-2-7-4-8-6-15-16-10(8)5-9(7)12(13)14/h1-2,4-5H,6H2. The molecule has 0 saturated heterocycles. The summed E-state index contributed by atoms with van der Waals surface area (Å²) in [5.41, 5.74) is 0.971. The van der Waals surface area contributed by atoms with Crippen LogP contribution in [-0.2, 0) is 11.5 Å². The molecule has 80 valence electrons. The van der Waals surface area contributed by atoms with Crippen LogP contribution in [0.25, 0.3) is 6.08 Å². The van der Waals surface area contributed by atoms with Gasteiger partial charge in [-0.05, 0) is 12.1 Å². The third kappa shape index (κ3) is 1.71. The van der Waals surface area contributed by atoms with Gasteiger partial charge in [-0.2, -0.15) is 10.1 Å². The molecule has 6 nitrogen and oxygen atoms in total. The molecule has 0 aromatic heterocycles. The molecule has 1 heterocycles. The zero-order chi connectivity index (χ0) is 11.5. The summed E-state index contributed by atoms with van der Waals surface area (Å²) < 4.78 is 0. The van der Waals surface area contributed by atoms with Gasteiger partial charge < -0.3 is 4.89 Å². The molecule has 2 rings (SSSR count). The SMILES string of the molecule is N#CC=Cc1cc2c(cc1[N+](=O)[O-])OOC2. The number of benzene rings is 1. The zero-order valence-corrected chi connectivity index (χ0v) is 8.04. The fourth-order valence-electron chi connectivity index (χ4n) is 1.40. The monoisotopic (exact) mass is 218 g/mol. The van der Waals surface area contributed by atoms with Gasteiger partial charge in [0.1, 0.15) is 6.61 Å². The first kappa shape index (κ1) is 10.1. The molecule has 0 fully saturated rings. The van der Waals surface area contributed by atoms with Crippen LogP contribution >= 0.6 is 0 Å². The lowest BCUT2D eigenvalue weighted by Crippen LogP contribution is -1.93. The molecule has 16 heavy (non-hydrogen) atoms. The van der Waals surface area contributed by atoms with Crippen LogP contribution in [0.15, 0.2) is 18.2 Å². The van der Waals surface area contributed by atoms with Crippen molar-refractivity contribution in [1.29, 1.82) is 5.26 Å². The van der Waals surface area contributed by atoms with Crippen LogP contribution in [-0.4, -0.2) is 4.92 Å². The second-order valence-corrected chi connectivity index (χ2v) is 3.08. The van der Waals surface area contributed by atoms with Crippen LogP contribution in [0.1, 0.15) is 11.1 Å². The number of hydrogen-bond donors (Lipinski definition) is 0. The first-order valence-corrected chi connectivity index (χ1v) is 4.39. The number of allylic oxidation sites excluding steroid dienone is 1. The van der Waals surface area contributed by atoms with E-state index in [1.807, 2.05) is 0 Å². The maximum atomic E-state index is 10.8. The van der Waals surface area contributed by atoms with Crippen LogP contribution in [0.4, 0.5) is 5.69 Å². The smallest absolute Gasteiger partial charge is 0.280 e. The number of hydrogen-bond acceptors (Lipinski definition) is 5. The summed E-state index contributed by atoms with van der Waals surface area (Å²) in [6.45, 7) is 0.251. The van der Waals surface area contributed by atoms with Gasteiger partial charge >= 0.3 is 0 Å². The molecule has 6 heteroatoms. The number of nitro groups is 1. The van der Waals surface area contributed by atoms with Crippen LogP contribution in [0.3, 0.4) is 0 Å². The van der Waals surface area contributed by atoms with Gasteiger partial charge in [0, 0.05) is 11.6 Å². The topological polar surface area (TPSA) is 85.4 Å². The normalized spacial score (nSPS) is 13.2. The van der Waals surface area contributed by atoms with Gasteiger partial charge in [0.15, 0.2) is 5.75 Å². The minimum atomic E-state index is -0.529. The van der Waals surface area contributed by atoms with E-state index in [9.17, 15) is 10.1 Å². The zero-order valence-electron chi connectivity index (χ0n) is 8.04. The summed E-state index contributed by atoms with van der Waals surface area (Å²) in [5.74, 6) is 0.348. The van der Waals surface area contributed by atoms with Crippen LogP contribution < -0.4 is 4.89 Å². The maximum Gasteiger partial charge on any atom is 0.280 e. The Bertz CT molecular complexity index is 516. The first-order chi connectivity index (χ1) is 7.72. The molecular formula is C10H6N2O4. The minimum Gasteiger partial charge on any atom is -0.337 e. The van der Waals surface area contributed by atoms with Crippen molar-refractivity contribution in [3.63, 3.8) is 0 Å². The number of nitrogens with zero attached hydrogens (tertiary/aromatic N) is 2. The van der Waals surface area contributed by atoms with Crippen molar-refractivity contribution in [2.24, 2.45) is 0 Å². The van der Waals surface area contributed by atoms with Gasteiger partial charge in [-0.3, -0.25) is 10.1 Å². The number of nitriles is 1. The van der Waals surface area contributed by atoms with Gasteiger partial charge in [-0.1, -0.05) is 0 Å². The number of fused-ring (bicyclic) bond motifs is 1. The van der Waals surface area contributed by atoms with E-state index in [1.54, 1.807) is 12.1 Å². The Labute approximate surface area is 90.4 Å². The summed E-state index contributed by atoms with van der Waals surface area (Å²) in [4.78, 5) is 19.7. The molecule has 0 unspecified atom stereocenters. The summed E-state index contributed by atoms with van der Waals surface area (Å²) >= 11 is 0. The van der Waals surface area contributed by atoms with E-state index >= 15 is 0 Å². The molecule has 0 amide bonds. The molecule has 0 aliphatic carbocycles. The van der Waals surface area contributed by atoms with Crippen molar-refractivity contribution in [1.82, 2.24) is 0 Å². The van der Waals surface area contributed by atoms with Crippen LogP contribution in [0.2, 0.25) is 0 Å². The van der Waals surface area contributed by atoms with Crippen molar-refractivity contribution in [2.75, 3.05) is 0 Å². The molecule has 1 aromatic rings. The van der Waals surface area contributed by atoms with E-state index in [2.05, 4.69) is 0 Å². The van der Waals surface area contributed by atoms with Crippen molar-refractivity contribution < 1.29 is 14.7 Å². The predicted octanol–water partition coefficient (Wildman–Crippen LogP) is 1.96. The minimum absolute atomic E-state index is 0.115. The highest BCUT2D eigenvalue weighted by atomic mass is 17.2. The molecular weight excluding hydrogens is 212 g/mol. The lowest BCUT2D eigenvalue weighted by molar-refractivity contribution is -0.385. The van der Waals surface area contributed by atoms with Gasteiger partial charge in [-0.15, -0.1) is 0 Å². The molecule has 0 saturated carbocycles. The van der Waals surface area contributed by atoms with Crippen molar-refractivity contribution in [3.05, 3.63) is 39.4 Å². The molecule has 0 N–H and O–H groups in total. The highest BCUT2D eigenvalue weighted by Crippen LogP contribution is 2.33. The second-order valence-electron chi connectivity index (χ2n) is 3.08. The lowest BCUT2D eigenvalue weighted by atomic mass is 10.1. The summed E-state index contributed by atoms with van der Waals surface area (Å²) in [5, 5.41) is 19.2. The average molecular weight is 218 g/mol.